The van der Waals surface area contributed by atoms with E-state index in [1.807, 2.05) is 24.3 Å². The Morgan fingerprint density at radius 3 is 2.24 bits per heavy atom. The Morgan fingerprint density at radius 2 is 1.68 bits per heavy atom. The van der Waals surface area contributed by atoms with Crippen molar-refractivity contribution in [2.75, 3.05) is 20.3 Å². The summed E-state index contributed by atoms with van der Waals surface area (Å²) in [6, 6.07) is 7.78. The van der Waals surface area contributed by atoms with Crippen LogP contribution in [-0.2, 0) is 14.9 Å². The normalized spacial score (nSPS) is 30.3. The first-order valence-electron chi connectivity index (χ1n) is 8.37. The lowest BCUT2D eigenvalue weighted by atomic mass is 9.82. The minimum Gasteiger partial charge on any atom is -0.497 e. The number of methoxy groups -OCH3 is 1. The van der Waals surface area contributed by atoms with Gasteiger partial charge in [-0.2, -0.15) is 0 Å². The lowest BCUT2D eigenvalue weighted by Gasteiger charge is -2.40. The number of ether oxygens (including phenoxy) is 3. The van der Waals surface area contributed by atoms with Gasteiger partial charge in [0.1, 0.15) is 30.2 Å². The quantitative estimate of drug-likeness (QED) is 0.552. The molecule has 7 nitrogen and oxygen atoms in total. The van der Waals surface area contributed by atoms with E-state index < -0.39 is 37.3 Å². The van der Waals surface area contributed by atoms with E-state index in [-0.39, 0.29) is 12.0 Å². The molecule has 0 bridgehead atoms. The van der Waals surface area contributed by atoms with Crippen LogP contribution in [-0.4, -0.2) is 71.5 Å². The van der Waals surface area contributed by atoms with Gasteiger partial charge in [-0.3, -0.25) is 0 Å². The van der Waals surface area contributed by atoms with Crippen LogP contribution in [0.1, 0.15) is 25.8 Å². The molecule has 0 saturated carbocycles. The monoisotopic (exact) mass is 356 g/mol. The van der Waals surface area contributed by atoms with Gasteiger partial charge in [-0.1, -0.05) is 26.0 Å². The minimum absolute atomic E-state index is 0.180. The highest BCUT2D eigenvalue weighted by Crippen LogP contribution is 2.29. The van der Waals surface area contributed by atoms with Crippen molar-refractivity contribution in [3.63, 3.8) is 0 Å². The van der Waals surface area contributed by atoms with E-state index >= 15 is 0 Å². The molecule has 1 aromatic carbocycles. The second-order valence-electron chi connectivity index (χ2n) is 6.93. The van der Waals surface area contributed by atoms with Gasteiger partial charge in [-0.05, 0) is 29.5 Å². The molecule has 7 heteroatoms. The molecular formula is C18H28O7. The van der Waals surface area contributed by atoms with E-state index in [0.717, 1.165) is 11.3 Å². The van der Waals surface area contributed by atoms with Crippen molar-refractivity contribution >= 4 is 0 Å². The highest BCUT2D eigenvalue weighted by Gasteiger charge is 2.44. The molecule has 1 saturated heterocycles. The third-order valence-electron chi connectivity index (χ3n) is 4.73. The summed E-state index contributed by atoms with van der Waals surface area (Å²) >= 11 is 0. The predicted octanol–water partition coefficient (Wildman–Crippen LogP) is 0.179. The van der Waals surface area contributed by atoms with Gasteiger partial charge in [0, 0.05) is 0 Å². The molecule has 0 radical (unpaired) electrons. The van der Waals surface area contributed by atoms with Crippen molar-refractivity contribution in [3.05, 3.63) is 29.8 Å². The molecule has 1 aliphatic heterocycles. The summed E-state index contributed by atoms with van der Waals surface area (Å²) < 4.78 is 16.1. The zero-order chi connectivity index (χ0) is 18.6. The minimum atomic E-state index is -1.43. The van der Waals surface area contributed by atoms with E-state index in [0.29, 0.717) is 6.42 Å². The maximum absolute atomic E-state index is 9.97. The average Bonchev–Trinajstić information content (AvgIpc) is 2.61. The van der Waals surface area contributed by atoms with Crippen molar-refractivity contribution in [2.24, 2.45) is 0 Å². The van der Waals surface area contributed by atoms with Gasteiger partial charge in [-0.25, -0.2) is 0 Å². The summed E-state index contributed by atoms with van der Waals surface area (Å²) in [4.78, 5) is 0. The Balaban J connectivity index is 1.91. The summed E-state index contributed by atoms with van der Waals surface area (Å²) in [6.07, 6.45) is -5.59. The van der Waals surface area contributed by atoms with E-state index in [1.54, 1.807) is 7.11 Å². The maximum atomic E-state index is 9.97. The van der Waals surface area contributed by atoms with Gasteiger partial charge in [0.2, 0.25) is 0 Å². The van der Waals surface area contributed by atoms with Crippen LogP contribution in [0.3, 0.4) is 0 Å². The fraction of sp³-hybridized carbons (Fsp3) is 0.667. The van der Waals surface area contributed by atoms with E-state index in [9.17, 15) is 20.4 Å². The molecular weight excluding hydrogens is 328 g/mol. The maximum Gasteiger partial charge on any atom is 0.186 e. The van der Waals surface area contributed by atoms with Crippen LogP contribution < -0.4 is 4.74 Å². The van der Waals surface area contributed by atoms with Crippen LogP contribution in [0.5, 0.6) is 5.75 Å². The molecule has 25 heavy (non-hydrogen) atoms. The van der Waals surface area contributed by atoms with Gasteiger partial charge < -0.3 is 34.6 Å². The zero-order valence-corrected chi connectivity index (χ0v) is 14.8. The number of hydrogen-bond donors (Lipinski definition) is 4. The third-order valence-corrected chi connectivity index (χ3v) is 4.73. The Hall–Kier alpha value is -1.22. The van der Waals surface area contributed by atoms with Crippen LogP contribution >= 0.6 is 0 Å². The van der Waals surface area contributed by atoms with Crippen molar-refractivity contribution in [1.82, 2.24) is 0 Å². The molecule has 142 valence electrons. The first kappa shape index (κ1) is 20.1. The summed E-state index contributed by atoms with van der Waals surface area (Å²) in [5.41, 5.74) is 0.936. The van der Waals surface area contributed by atoms with Gasteiger partial charge in [-0.15, -0.1) is 0 Å². The number of aliphatic hydroxyl groups excluding tert-OH is 4. The lowest BCUT2D eigenvalue weighted by molar-refractivity contribution is -0.301. The smallest absolute Gasteiger partial charge is 0.186 e. The molecule has 0 amide bonds. The molecule has 0 spiro atoms. The van der Waals surface area contributed by atoms with Crippen LogP contribution in [0.2, 0.25) is 0 Å². The van der Waals surface area contributed by atoms with Crippen molar-refractivity contribution in [3.8, 4) is 5.75 Å². The topological polar surface area (TPSA) is 109 Å². The fourth-order valence-electron chi connectivity index (χ4n) is 2.82. The Labute approximate surface area is 147 Å². The Morgan fingerprint density at radius 1 is 1.04 bits per heavy atom. The lowest BCUT2D eigenvalue weighted by Crippen LogP contribution is -2.59. The SMILES string of the molecule is COc1ccc(C(C)(C)CCO[C@@H]2O[C@H](CO)[C@@H](O)[C@H](O)[C@H]2O)cc1. The summed E-state index contributed by atoms with van der Waals surface area (Å²) in [5, 5.41) is 38.7. The molecule has 1 aromatic rings. The van der Waals surface area contributed by atoms with Crippen LogP contribution in [0.25, 0.3) is 0 Å². The number of rotatable bonds is 7. The highest BCUT2D eigenvalue weighted by atomic mass is 16.7. The zero-order valence-electron chi connectivity index (χ0n) is 14.8. The van der Waals surface area contributed by atoms with E-state index in [4.69, 9.17) is 14.2 Å². The molecule has 1 fully saturated rings. The molecule has 0 aromatic heterocycles. The van der Waals surface area contributed by atoms with Crippen LogP contribution in [0.4, 0.5) is 0 Å². The van der Waals surface area contributed by atoms with Gasteiger partial charge in [0.15, 0.2) is 6.29 Å². The Kier molecular flexibility index (Phi) is 6.79. The van der Waals surface area contributed by atoms with Crippen LogP contribution in [0.15, 0.2) is 24.3 Å². The molecule has 4 N–H and O–H groups in total. The summed E-state index contributed by atoms with van der Waals surface area (Å²) in [5.74, 6) is 0.789. The third kappa shape index (κ3) is 4.69. The number of benzene rings is 1. The largest absolute Gasteiger partial charge is 0.497 e. The average molecular weight is 356 g/mol. The molecule has 1 aliphatic rings. The standard InChI is InChI=1S/C18H28O7/c1-18(2,11-4-6-12(23-3)7-5-11)8-9-24-17-16(22)15(21)14(20)13(10-19)25-17/h4-7,13-17,19-22H,8-10H2,1-3H3/t13-,14-,15+,16-,17-/m1/s1. The molecule has 0 aliphatic carbocycles. The van der Waals surface area contributed by atoms with Gasteiger partial charge in [0.25, 0.3) is 0 Å². The first-order valence-corrected chi connectivity index (χ1v) is 8.37. The van der Waals surface area contributed by atoms with Gasteiger partial charge >= 0.3 is 0 Å². The first-order chi connectivity index (χ1) is 11.8. The molecule has 2 rings (SSSR count). The van der Waals surface area contributed by atoms with Crippen molar-refractivity contribution < 1.29 is 34.6 Å². The summed E-state index contributed by atoms with van der Waals surface area (Å²) in [6.45, 7) is 3.96. The molecule has 5 atom stereocenters. The fourth-order valence-corrected chi connectivity index (χ4v) is 2.82. The molecule has 1 heterocycles. The van der Waals surface area contributed by atoms with Crippen LogP contribution in [0, 0.1) is 0 Å². The van der Waals surface area contributed by atoms with Gasteiger partial charge in [0.05, 0.1) is 20.3 Å². The number of hydrogen-bond acceptors (Lipinski definition) is 7. The predicted molar refractivity (Wildman–Crippen MR) is 90.4 cm³/mol. The number of aliphatic hydroxyl groups is 4. The second-order valence-corrected chi connectivity index (χ2v) is 6.93. The van der Waals surface area contributed by atoms with E-state index in [1.165, 1.54) is 0 Å². The van der Waals surface area contributed by atoms with Crippen molar-refractivity contribution in [2.45, 2.75) is 56.4 Å². The van der Waals surface area contributed by atoms with Crippen molar-refractivity contribution in [1.29, 1.82) is 0 Å². The Bertz CT molecular complexity index is 529. The highest BCUT2D eigenvalue weighted by molar-refractivity contribution is 5.31. The summed E-state index contributed by atoms with van der Waals surface area (Å²) in [7, 11) is 1.62. The molecule has 0 unspecified atom stereocenters. The van der Waals surface area contributed by atoms with E-state index in [2.05, 4.69) is 13.8 Å². The second kappa shape index (κ2) is 8.44.